The zero-order valence-corrected chi connectivity index (χ0v) is 19.1. The van der Waals surface area contributed by atoms with Crippen LogP contribution in [0.15, 0.2) is 62.6 Å². The summed E-state index contributed by atoms with van der Waals surface area (Å²) in [6, 6.07) is 0. The molecule has 0 aromatic carbocycles. The fraction of sp³-hybridized carbons (Fsp3) is 0.0769. The second kappa shape index (κ2) is 6.13. The van der Waals surface area contributed by atoms with E-state index in [1.165, 1.54) is 36.5 Å². The molecule has 0 aromatic rings. The maximum atomic E-state index is 12.5. The highest BCUT2D eigenvalue weighted by Crippen LogP contribution is 2.48. The number of rotatable bonds is 3. The van der Waals surface area contributed by atoms with Crippen LogP contribution in [-0.2, 0) is 29.5 Å². The summed E-state index contributed by atoms with van der Waals surface area (Å²) in [5.74, 6) is -1.48. The van der Waals surface area contributed by atoms with Crippen LogP contribution in [0.1, 0.15) is 0 Å². The van der Waals surface area contributed by atoms with E-state index in [2.05, 4.69) is 47.8 Å². The maximum absolute atomic E-state index is 12.5. The summed E-state index contributed by atoms with van der Waals surface area (Å²) in [4.78, 5) is -0.972. The van der Waals surface area contributed by atoms with Crippen LogP contribution in [0, 0.1) is 5.92 Å². The molecule has 0 aromatic heterocycles. The van der Waals surface area contributed by atoms with E-state index in [-0.39, 0.29) is 26.2 Å². The molecule has 0 saturated carbocycles. The highest BCUT2D eigenvalue weighted by atomic mass is 79.9. The lowest BCUT2D eigenvalue weighted by molar-refractivity contribution is 0.600. The van der Waals surface area contributed by atoms with Crippen molar-refractivity contribution in [1.82, 2.24) is 0 Å². The Morgan fingerprint density at radius 1 is 0.520 bits per heavy atom. The molecule has 0 fully saturated rings. The first-order valence-corrected chi connectivity index (χ1v) is 13.2. The van der Waals surface area contributed by atoms with Gasteiger partial charge in [0.2, 0.25) is 29.5 Å². The van der Waals surface area contributed by atoms with Gasteiger partial charge >= 0.3 is 0 Å². The van der Waals surface area contributed by atoms with Gasteiger partial charge in [-0.3, -0.25) is 0 Å². The molecule has 0 saturated heterocycles. The van der Waals surface area contributed by atoms with Gasteiger partial charge in [-0.05, 0) is 84.2 Å². The van der Waals surface area contributed by atoms with Gasteiger partial charge in [0.05, 0.1) is 20.6 Å². The van der Waals surface area contributed by atoms with Gasteiger partial charge < -0.3 is 0 Å². The number of allylic oxidation sites excluding steroid dienone is 9. The van der Waals surface area contributed by atoms with Crippen LogP contribution in [0.25, 0.3) is 0 Å². The third kappa shape index (κ3) is 2.85. The van der Waals surface area contributed by atoms with Crippen LogP contribution in [0.4, 0.5) is 0 Å². The summed E-state index contributed by atoms with van der Waals surface area (Å²) < 4.78 is 74.8. The van der Waals surface area contributed by atoms with Crippen molar-refractivity contribution in [3.63, 3.8) is 0 Å². The van der Waals surface area contributed by atoms with E-state index in [1.54, 1.807) is 0 Å². The third-order valence-electron chi connectivity index (χ3n) is 3.69. The lowest BCUT2D eigenvalue weighted by Gasteiger charge is -2.21. The molecular weight excluding hydrogens is 588 g/mol. The second-order valence-corrected chi connectivity index (χ2v) is 15.0. The lowest BCUT2D eigenvalue weighted by Crippen LogP contribution is -2.23. The highest BCUT2D eigenvalue weighted by molar-refractivity contribution is 9.14. The predicted octanol–water partition coefficient (Wildman–Crippen LogP) is 3.25. The van der Waals surface area contributed by atoms with Crippen molar-refractivity contribution in [2.45, 2.75) is 0 Å². The monoisotopic (exact) mass is 592 g/mol. The Kier molecular flexibility index (Phi) is 4.78. The first-order valence-electron chi connectivity index (χ1n) is 6.39. The third-order valence-corrected chi connectivity index (χ3v) is 13.2. The fourth-order valence-corrected chi connectivity index (χ4v) is 8.65. The van der Waals surface area contributed by atoms with Crippen molar-refractivity contribution in [2.75, 3.05) is 0 Å². The topological polar surface area (TPSA) is 102 Å². The van der Waals surface area contributed by atoms with Crippen LogP contribution >= 0.6 is 47.8 Å². The minimum atomic E-state index is -4.02. The molecule has 0 aliphatic carbocycles. The van der Waals surface area contributed by atoms with Gasteiger partial charge in [-0.2, -0.15) is 0 Å². The molecule has 0 unspecified atom stereocenters. The standard InChI is InChI=1S/C13H7Br3O6S3/c14-10-4-1-7(23(10,17)18)13(8-2-5-11(15)24(8,19)20)9-3-6-12(16)25(9,21)22/h1-6,13H. The molecule has 0 radical (unpaired) electrons. The van der Waals surface area contributed by atoms with E-state index in [4.69, 9.17) is 0 Å². The molecule has 0 atom stereocenters. The Bertz CT molecular complexity index is 1040. The minimum Gasteiger partial charge on any atom is -0.218 e. The Morgan fingerprint density at radius 2 is 0.760 bits per heavy atom. The molecule has 3 rings (SSSR count). The van der Waals surface area contributed by atoms with Crippen molar-refractivity contribution in [1.29, 1.82) is 0 Å². The first kappa shape index (κ1) is 19.5. The normalized spacial score (nSPS) is 25.9. The molecule has 0 bridgehead atoms. The molecule has 25 heavy (non-hydrogen) atoms. The molecule has 0 spiro atoms. The summed E-state index contributed by atoms with van der Waals surface area (Å²) in [6.07, 6.45) is 7.34. The van der Waals surface area contributed by atoms with E-state index in [1.807, 2.05) is 0 Å². The first-order chi connectivity index (χ1) is 11.4. The zero-order valence-electron chi connectivity index (χ0n) is 11.8. The fourth-order valence-electron chi connectivity index (χ4n) is 2.49. The smallest absolute Gasteiger partial charge is 0.210 e. The molecule has 3 heterocycles. The summed E-state index contributed by atoms with van der Waals surface area (Å²) in [5.41, 5.74) is 0. The second-order valence-electron chi connectivity index (χ2n) is 5.06. The van der Waals surface area contributed by atoms with Crippen molar-refractivity contribution < 1.29 is 25.3 Å². The summed E-state index contributed by atoms with van der Waals surface area (Å²) in [7, 11) is -12.1. The Labute approximate surface area is 169 Å². The average Bonchev–Trinajstić information content (AvgIpc) is 3.03. The quantitative estimate of drug-likeness (QED) is 0.497. The molecule has 12 heteroatoms. The Morgan fingerprint density at radius 3 is 0.920 bits per heavy atom. The van der Waals surface area contributed by atoms with Crippen LogP contribution < -0.4 is 0 Å². The van der Waals surface area contributed by atoms with E-state index < -0.39 is 35.4 Å². The Hall–Kier alpha value is -0.270. The number of hydrogen-bond donors (Lipinski definition) is 0. The van der Waals surface area contributed by atoms with Gasteiger partial charge in [-0.25, -0.2) is 25.3 Å². The lowest BCUT2D eigenvalue weighted by atomic mass is 10.1. The summed E-state index contributed by atoms with van der Waals surface area (Å²) >= 11 is 8.72. The molecule has 6 nitrogen and oxygen atoms in total. The minimum absolute atomic E-state index is 0.161. The van der Waals surface area contributed by atoms with Crippen molar-refractivity contribution in [3.8, 4) is 0 Å². The summed E-state index contributed by atoms with van der Waals surface area (Å²) in [6.45, 7) is 0. The maximum Gasteiger partial charge on any atom is 0.210 e. The van der Waals surface area contributed by atoms with Crippen LogP contribution in [0.2, 0.25) is 0 Å². The van der Waals surface area contributed by atoms with Gasteiger partial charge in [0, 0.05) is 0 Å². The molecule has 0 amide bonds. The highest BCUT2D eigenvalue weighted by Gasteiger charge is 2.46. The average molecular weight is 595 g/mol. The molecule has 3 aliphatic heterocycles. The van der Waals surface area contributed by atoms with Crippen molar-refractivity contribution >= 4 is 77.3 Å². The van der Waals surface area contributed by atoms with Crippen molar-refractivity contribution in [3.05, 3.63) is 62.6 Å². The number of halogens is 3. The largest absolute Gasteiger partial charge is 0.218 e. The van der Waals surface area contributed by atoms with E-state index in [0.29, 0.717) is 0 Å². The van der Waals surface area contributed by atoms with E-state index >= 15 is 0 Å². The molecule has 3 aliphatic rings. The summed E-state index contributed by atoms with van der Waals surface area (Å²) in [5, 5.41) is 0. The van der Waals surface area contributed by atoms with E-state index in [0.717, 1.165) is 0 Å². The van der Waals surface area contributed by atoms with E-state index in [9.17, 15) is 25.3 Å². The number of hydrogen-bond acceptors (Lipinski definition) is 6. The van der Waals surface area contributed by atoms with Gasteiger partial charge in [-0.1, -0.05) is 0 Å². The predicted molar refractivity (Wildman–Crippen MR) is 106 cm³/mol. The molecule has 0 N–H and O–H groups in total. The van der Waals surface area contributed by atoms with Gasteiger partial charge in [0.1, 0.15) is 11.4 Å². The zero-order chi connectivity index (χ0) is 18.8. The van der Waals surface area contributed by atoms with Gasteiger partial charge in [0.25, 0.3) is 0 Å². The van der Waals surface area contributed by atoms with Crippen LogP contribution in [0.5, 0.6) is 0 Å². The van der Waals surface area contributed by atoms with Crippen LogP contribution in [0.3, 0.4) is 0 Å². The number of sulfone groups is 3. The van der Waals surface area contributed by atoms with Crippen LogP contribution in [-0.4, -0.2) is 25.3 Å². The molecular formula is C13H7Br3O6S3. The molecule has 134 valence electrons. The Balaban J connectivity index is 2.25. The SMILES string of the molecule is O=S1(=O)C(Br)=CC=C1C(C1=CC=C(Br)S1(=O)=O)C1=CC=C(Br)S1(=O)=O. The van der Waals surface area contributed by atoms with Crippen molar-refractivity contribution in [2.24, 2.45) is 5.92 Å². The van der Waals surface area contributed by atoms with Gasteiger partial charge in [0.15, 0.2) is 0 Å². The van der Waals surface area contributed by atoms with Gasteiger partial charge in [-0.15, -0.1) is 0 Å².